The van der Waals surface area contributed by atoms with E-state index in [0.29, 0.717) is 11.2 Å². The van der Waals surface area contributed by atoms with Crippen LogP contribution < -0.4 is 0 Å². The highest BCUT2D eigenvalue weighted by molar-refractivity contribution is 7.99. The number of nitrogens with zero attached hydrogens (tertiary/aromatic N) is 5. The molecule has 0 radical (unpaired) electrons. The SMILES string of the molecule is Cc1nn(C)c(C)c1CN(Cc1ccc(Sc2ncccn2)o1)C(C)C. The number of aromatic nitrogens is 4. The van der Waals surface area contributed by atoms with Crippen LogP contribution in [0.3, 0.4) is 0 Å². The average molecular weight is 372 g/mol. The second-order valence-corrected chi connectivity index (χ2v) is 7.60. The molecule has 0 spiro atoms. The molecule has 0 atom stereocenters. The van der Waals surface area contributed by atoms with Crippen molar-refractivity contribution >= 4 is 11.8 Å². The van der Waals surface area contributed by atoms with E-state index in [9.17, 15) is 0 Å². The molecule has 3 rings (SSSR count). The number of hydrogen-bond donors (Lipinski definition) is 0. The van der Waals surface area contributed by atoms with E-state index in [4.69, 9.17) is 4.42 Å². The highest BCUT2D eigenvalue weighted by Crippen LogP contribution is 2.27. The van der Waals surface area contributed by atoms with Gasteiger partial charge in [0.25, 0.3) is 0 Å². The lowest BCUT2D eigenvalue weighted by Gasteiger charge is -2.25. The van der Waals surface area contributed by atoms with E-state index in [-0.39, 0.29) is 0 Å². The fourth-order valence-corrected chi connectivity index (χ4v) is 3.49. The third kappa shape index (κ3) is 4.34. The molecule has 0 bridgehead atoms. The van der Waals surface area contributed by atoms with Gasteiger partial charge in [0.1, 0.15) is 5.76 Å². The number of rotatable bonds is 7. The van der Waals surface area contributed by atoms with Crippen molar-refractivity contribution in [1.29, 1.82) is 0 Å². The van der Waals surface area contributed by atoms with Gasteiger partial charge in [0.05, 0.1) is 12.2 Å². The van der Waals surface area contributed by atoms with Crippen LogP contribution in [0.4, 0.5) is 0 Å². The molecule has 0 fully saturated rings. The highest BCUT2D eigenvalue weighted by atomic mass is 32.2. The van der Waals surface area contributed by atoms with Crippen LogP contribution in [0.2, 0.25) is 0 Å². The summed E-state index contributed by atoms with van der Waals surface area (Å²) in [6.45, 7) is 10.2. The van der Waals surface area contributed by atoms with Crippen LogP contribution in [-0.2, 0) is 20.1 Å². The fraction of sp³-hybridized carbons (Fsp3) is 0.421. The molecule has 6 nitrogen and oxygen atoms in total. The first kappa shape index (κ1) is 18.7. The van der Waals surface area contributed by atoms with Gasteiger partial charge < -0.3 is 4.42 Å². The van der Waals surface area contributed by atoms with Crippen LogP contribution in [0.1, 0.15) is 36.6 Å². The summed E-state index contributed by atoms with van der Waals surface area (Å²) in [6, 6.07) is 6.22. The first-order valence-electron chi connectivity index (χ1n) is 8.70. The summed E-state index contributed by atoms with van der Waals surface area (Å²) in [5.74, 6) is 0.941. The second kappa shape index (κ2) is 8.05. The van der Waals surface area contributed by atoms with Gasteiger partial charge in [-0.25, -0.2) is 9.97 Å². The van der Waals surface area contributed by atoms with Gasteiger partial charge in [0.15, 0.2) is 10.2 Å². The summed E-state index contributed by atoms with van der Waals surface area (Å²) in [5, 5.41) is 6.03. The van der Waals surface area contributed by atoms with Crippen molar-refractivity contribution in [3.05, 3.63) is 53.3 Å². The molecule has 0 unspecified atom stereocenters. The zero-order valence-corrected chi connectivity index (χ0v) is 16.7. The van der Waals surface area contributed by atoms with Crippen LogP contribution in [-0.4, -0.2) is 30.7 Å². The average Bonchev–Trinajstić information content (AvgIpc) is 3.14. The minimum Gasteiger partial charge on any atom is -0.453 e. The summed E-state index contributed by atoms with van der Waals surface area (Å²) < 4.78 is 7.94. The molecule has 0 aromatic carbocycles. The van der Waals surface area contributed by atoms with Gasteiger partial charge in [0.2, 0.25) is 0 Å². The van der Waals surface area contributed by atoms with Crippen LogP contribution in [0.25, 0.3) is 0 Å². The Kier molecular flexibility index (Phi) is 5.78. The van der Waals surface area contributed by atoms with Gasteiger partial charge in [-0.2, -0.15) is 5.10 Å². The van der Waals surface area contributed by atoms with Gasteiger partial charge in [-0.15, -0.1) is 0 Å². The molecular weight excluding hydrogens is 346 g/mol. The maximum atomic E-state index is 5.99. The largest absolute Gasteiger partial charge is 0.453 e. The summed E-state index contributed by atoms with van der Waals surface area (Å²) in [7, 11) is 1.99. The Hall–Kier alpha value is -2.12. The maximum Gasteiger partial charge on any atom is 0.195 e. The Morgan fingerprint density at radius 2 is 1.88 bits per heavy atom. The minimum atomic E-state index is 0.396. The van der Waals surface area contributed by atoms with Crippen molar-refractivity contribution in [2.45, 2.75) is 57.1 Å². The van der Waals surface area contributed by atoms with Crippen molar-refractivity contribution in [3.8, 4) is 0 Å². The van der Waals surface area contributed by atoms with E-state index < -0.39 is 0 Å². The molecule has 3 aromatic rings. The number of hydrogen-bond acceptors (Lipinski definition) is 6. The highest BCUT2D eigenvalue weighted by Gasteiger charge is 2.18. The molecule has 0 saturated heterocycles. The van der Waals surface area contributed by atoms with E-state index in [1.54, 1.807) is 18.5 Å². The zero-order chi connectivity index (χ0) is 18.7. The predicted molar refractivity (Wildman–Crippen MR) is 102 cm³/mol. The van der Waals surface area contributed by atoms with Gasteiger partial charge in [0, 0.05) is 43.3 Å². The van der Waals surface area contributed by atoms with E-state index >= 15 is 0 Å². The Balaban J connectivity index is 1.70. The minimum absolute atomic E-state index is 0.396. The van der Waals surface area contributed by atoms with Crippen LogP contribution in [0, 0.1) is 13.8 Å². The lowest BCUT2D eigenvalue weighted by molar-refractivity contribution is 0.183. The number of furan rings is 1. The lowest BCUT2D eigenvalue weighted by Crippen LogP contribution is -2.30. The van der Waals surface area contributed by atoms with Crippen molar-refractivity contribution < 1.29 is 4.42 Å². The predicted octanol–water partition coefficient (Wildman–Crippen LogP) is 3.98. The molecule has 0 aliphatic carbocycles. The first-order valence-corrected chi connectivity index (χ1v) is 9.52. The second-order valence-electron chi connectivity index (χ2n) is 6.63. The zero-order valence-electron chi connectivity index (χ0n) is 15.9. The molecule has 0 aliphatic heterocycles. The molecule has 0 N–H and O–H groups in total. The Morgan fingerprint density at radius 1 is 1.15 bits per heavy atom. The monoisotopic (exact) mass is 371 g/mol. The van der Waals surface area contributed by atoms with Crippen LogP contribution >= 0.6 is 11.8 Å². The third-order valence-electron chi connectivity index (χ3n) is 4.48. The third-order valence-corrected chi connectivity index (χ3v) is 5.29. The van der Waals surface area contributed by atoms with Crippen molar-refractivity contribution in [2.24, 2.45) is 7.05 Å². The van der Waals surface area contributed by atoms with Gasteiger partial charge in [-0.3, -0.25) is 9.58 Å². The summed E-state index contributed by atoms with van der Waals surface area (Å²) >= 11 is 1.44. The molecule has 3 heterocycles. The normalized spacial score (nSPS) is 11.7. The lowest BCUT2D eigenvalue weighted by atomic mass is 10.1. The van der Waals surface area contributed by atoms with Crippen LogP contribution in [0.5, 0.6) is 0 Å². The molecular formula is C19H25N5OS. The van der Waals surface area contributed by atoms with E-state index in [2.05, 4.69) is 47.7 Å². The smallest absolute Gasteiger partial charge is 0.195 e. The van der Waals surface area contributed by atoms with Gasteiger partial charge in [-0.05, 0) is 57.7 Å². The molecule has 26 heavy (non-hydrogen) atoms. The molecule has 138 valence electrons. The Labute approximate surface area is 158 Å². The molecule has 0 aliphatic rings. The Morgan fingerprint density at radius 3 is 2.50 bits per heavy atom. The van der Waals surface area contributed by atoms with Crippen molar-refractivity contribution in [3.63, 3.8) is 0 Å². The van der Waals surface area contributed by atoms with Gasteiger partial charge >= 0.3 is 0 Å². The standard InChI is InChI=1S/C19H25N5OS/c1-13(2)24(12-17-14(3)22-23(5)15(17)4)11-16-7-8-18(25-16)26-19-20-9-6-10-21-19/h6-10,13H,11-12H2,1-5H3. The van der Waals surface area contributed by atoms with Gasteiger partial charge in [-0.1, -0.05) is 0 Å². The first-order chi connectivity index (χ1) is 12.4. The molecule has 0 amide bonds. The molecule has 3 aromatic heterocycles. The summed E-state index contributed by atoms with van der Waals surface area (Å²) in [6.07, 6.45) is 3.47. The maximum absolute atomic E-state index is 5.99. The van der Waals surface area contributed by atoms with Crippen LogP contribution in [0.15, 0.2) is 45.3 Å². The Bertz CT molecular complexity index is 856. The summed E-state index contributed by atoms with van der Waals surface area (Å²) in [5.41, 5.74) is 3.60. The quantitative estimate of drug-likeness (QED) is 0.586. The fourth-order valence-electron chi connectivity index (χ4n) is 2.80. The molecule has 0 saturated carbocycles. The number of aryl methyl sites for hydroxylation is 2. The van der Waals surface area contributed by atoms with E-state index in [1.807, 2.05) is 23.9 Å². The molecule has 7 heteroatoms. The van der Waals surface area contributed by atoms with E-state index in [0.717, 1.165) is 29.6 Å². The summed E-state index contributed by atoms with van der Waals surface area (Å²) in [4.78, 5) is 10.8. The van der Waals surface area contributed by atoms with Crippen molar-refractivity contribution in [2.75, 3.05) is 0 Å². The van der Waals surface area contributed by atoms with Crippen molar-refractivity contribution in [1.82, 2.24) is 24.6 Å². The topological polar surface area (TPSA) is 60.0 Å². The van der Waals surface area contributed by atoms with E-state index in [1.165, 1.54) is 23.0 Å².